The van der Waals surface area contributed by atoms with Gasteiger partial charge in [0.2, 0.25) is 5.95 Å². The zero-order valence-corrected chi connectivity index (χ0v) is 15.5. The van der Waals surface area contributed by atoms with Crippen molar-refractivity contribution in [2.45, 2.75) is 33.4 Å². The van der Waals surface area contributed by atoms with Crippen molar-refractivity contribution in [1.29, 1.82) is 0 Å². The van der Waals surface area contributed by atoms with Crippen molar-refractivity contribution < 1.29 is 9.53 Å². The van der Waals surface area contributed by atoms with Gasteiger partial charge in [-0.25, -0.2) is 9.48 Å². The fourth-order valence-electron chi connectivity index (χ4n) is 2.92. The molecule has 8 nitrogen and oxygen atoms in total. The molecule has 140 valence electrons. The third-order valence-electron chi connectivity index (χ3n) is 4.28. The minimum Gasteiger partial charge on any atom is -0.378 e. The Bertz CT molecular complexity index is 735. The summed E-state index contributed by atoms with van der Waals surface area (Å²) in [6, 6.07) is 8.10. The average Bonchev–Trinajstić information content (AvgIpc) is 3.01. The zero-order chi connectivity index (χ0) is 18.5. The summed E-state index contributed by atoms with van der Waals surface area (Å²) in [6.07, 6.45) is 0. The first-order valence-electron chi connectivity index (χ1n) is 8.92. The second-order valence-electron chi connectivity index (χ2n) is 6.59. The molecule has 0 saturated carbocycles. The first kappa shape index (κ1) is 18.2. The minimum absolute atomic E-state index is 0.200. The quantitative estimate of drug-likeness (QED) is 0.857. The first-order chi connectivity index (χ1) is 12.5. The van der Waals surface area contributed by atoms with Gasteiger partial charge in [0, 0.05) is 31.4 Å². The number of aryl methyl sites for hydroxylation is 1. The van der Waals surface area contributed by atoms with Gasteiger partial charge in [-0.1, -0.05) is 12.1 Å². The lowest BCUT2D eigenvalue weighted by atomic mass is 10.2. The fourth-order valence-corrected chi connectivity index (χ4v) is 2.92. The molecule has 0 spiro atoms. The number of amides is 2. The van der Waals surface area contributed by atoms with Crippen LogP contribution in [0.4, 0.5) is 16.4 Å². The van der Waals surface area contributed by atoms with Crippen molar-refractivity contribution in [1.82, 2.24) is 20.1 Å². The highest BCUT2D eigenvalue weighted by molar-refractivity contribution is 5.87. The number of carbonyl (C=O) groups is 1. The van der Waals surface area contributed by atoms with E-state index in [-0.39, 0.29) is 12.1 Å². The van der Waals surface area contributed by atoms with Crippen LogP contribution in [0.1, 0.15) is 31.3 Å². The topological polar surface area (TPSA) is 84.3 Å². The number of rotatable bonds is 5. The standard InChI is InChI=1S/C18H26N6O2/c1-13(2)24-14(3)20-17(22-24)21-18(25)19-12-15-4-6-16(7-5-15)23-8-10-26-11-9-23/h4-7,13H,8-12H2,1-3H3,(H2,19,21,22,25). The number of nitrogens with one attached hydrogen (secondary N) is 2. The predicted molar refractivity (Wildman–Crippen MR) is 100 cm³/mol. The van der Waals surface area contributed by atoms with Crippen molar-refractivity contribution in [2.24, 2.45) is 0 Å². The molecule has 0 unspecified atom stereocenters. The number of urea groups is 1. The third-order valence-corrected chi connectivity index (χ3v) is 4.28. The van der Waals surface area contributed by atoms with Crippen LogP contribution in [-0.2, 0) is 11.3 Å². The lowest BCUT2D eigenvalue weighted by Gasteiger charge is -2.28. The highest BCUT2D eigenvalue weighted by Crippen LogP contribution is 2.16. The lowest BCUT2D eigenvalue weighted by molar-refractivity contribution is 0.122. The van der Waals surface area contributed by atoms with Gasteiger partial charge in [-0.3, -0.25) is 5.32 Å². The molecule has 1 saturated heterocycles. The zero-order valence-electron chi connectivity index (χ0n) is 15.5. The monoisotopic (exact) mass is 358 g/mol. The van der Waals surface area contributed by atoms with Gasteiger partial charge in [0.25, 0.3) is 0 Å². The van der Waals surface area contributed by atoms with Crippen LogP contribution in [0.5, 0.6) is 0 Å². The molecule has 0 bridgehead atoms. The van der Waals surface area contributed by atoms with Crippen molar-refractivity contribution in [3.05, 3.63) is 35.7 Å². The van der Waals surface area contributed by atoms with Crippen molar-refractivity contribution in [3.8, 4) is 0 Å². The summed E-state index contributed by atoms with van der Waals surface area (Å²) in [7, 11) is 0. The summed E-state index contributed by atoms with van der Waals surface area (Å²) in [5.41, 5.74) is 2.22. The molecule has 2 N–H and O–H groups in total. The van der Waals surface area contributed by atoms with Gasteiger partial charge >= 0.3 is 6.03 Å². The number of nitrogens with zero attached hydrogens (tertiary/aromatic N) is 4. The largest absolute Gasteiger partial charge is 0.378 e. The average molecular weight is 358 g/mol. The van der Waals surface area contributed by atoms with E-state index in [0.29, 0.717) is 12.5 Å². The molecule has 26 heavy (non-hydrogen) atoms. The van der Waals surface area contributed by atoms with Gasteiger partial charge in [-0.05, 0) is 38.5 Å². The van der Waals surface area contributed by atoms with Gasteiger partial charge in [-0.2, -0.15) is 4.98 Å². The summed E-state index contributed by atoms with van der Waals surface area (Å²) >= 11 is 0. The lowest BCUT2D eigenvalue weighted by Crippen LogP contribution is -2.36. The Hall–Kier alpha value is -2.61. The molecule has 0 radical (unpaired) electrons. The van der Waals surface area contributed by atoms with Gasteiger partial charge in [0.05, 0.1) is 13.2 Å². The second kappa shape index (κ2) is 8.18. The normalized spacial score (nSPS) is 14.5. The SMILES string of the molecule is Cc1nc(NC(=O)NCc2ccc(N3CCOCC3)cc2)nn1C(C)C. The van der Waals surface area contributed by atoms with E-state index < -0.39 is 0 Å². The number of anilines is 2. The number of ether oxygens (including phenoxy) is 1. The van der Waals surface area contributed by atoms with E-state index in [2.05, 4.69) is 37.7 Å². The van der Waals surface area contributed by atoms with Gasteiger partial charge < -0.3 is 15.0 Å². The Labute approximate surface area is 153 Å². The molecule has 1 fully saturated rings. The Morgan fingerprint density at radius 1 is 1.23 bits per heavy atom. The van der Waals surface area contributed by atoms with E-state index in [1.165, 1.54) is 5.69 Å². The molecule has 0 aliphatic carbocycles. The van der Waals surface area contributed by atoms with Crippen LogP contribution < -0.4 is 15.5 Å². The number of hydrogen-bond acceptors (Lipinski definition) is 5. The van der Waals surface area contributed by atoms with Gasteiger partial charge in [-0.15, -0.1) is 5.10 Å². The van der Waals surface area contributed by atoms with Crippen molar-refractivity contribution in [3.63, 3.8) is 0 Å². The van der Waals surface area contributed by atoms with E-state index in [0.717, 1.165) is 37.7 Å². The van der Waals surface area contributed by atoms with Crippen LogP contribution in [0.2, 0.25) is 0 Å². The van der Waals surface area contributed by atoms with E-state index in [1.807, 2.05) is 32.9 Å². The van der Waals surface area contributed by atoms with Crippen LogP contribution in [-0.4, -0.2) is 47.1 Å². The molecule has 8 heteroatoms. The maximum Gasteiger partial charge on any atom is 0.321 e. The highest BCUT2D eigenvalue weighted by Gasteiger charge is 2.12. The summed E-state index contributed by atoms with van der Waals surface area (Å²) in [5, 5.41) is 9.79. The summed E-state index contributed by atoms with van der Waals surface area (Å²) in [4.78, 5) is 18.6. The maximum atomic E-state index is 12.1. The number of carbonyl (C=O) groups excluding carboxylic acids is 1. The van der Waals surface area contributed by atoms with Gasteiger partial charge in [0.15, 0.2) is 0 Å². The first-order valence-corrected chi connectivity index (χ1v) is 8.92. The molecule has 1 aliphatic heterocycles. The van der Waals surface area contributed by atoms with Crippen LogP contribution >= 0.6 is 0 Å². The molecule has 1 aliphatic rings. The predicted octanol–water partition coefficient (Wildman–Crippen LogP) is 2.33. The fraction of sp³-hybridized carbons (Fsp3) is 0.500. The number of aromatic nitrogens is 3. The van der Waals surface area contributed by atoms with Crippen LogP contribution in [0.15, 0.2) is 24.3 Å². The Kier molecular flexibility index (Phi) is 5.72. The van der Waals surface area contributed by atoms with E-state index in [4.69, 9.17) is 4.74 Å². The molecule has 3 rings (SSSR count). The second-order valence-corrected chi connectivity index (χ2v) is 6.59. The number of benzene rings is 1. The van der Waals surface area contributed by atoms with Gasteiger partial charge in [0.1, 0.15) is 5.82 Å². The van der Waals surface area contributed by atoms with Crippen molar-refractivity contribution >= 4 is 17.7 Å². The highest BCUT2D eigenvalue weighted by atomic mass is 16.5. The molecule has 1 aromatic heterocycles. The van der Waals surface area contributed by atoms with Crippen LogP contribution in [0, 0.1) is 6.92 Å². The van der Waals surface area contributed by atoms with E-state index in [1.54, 1.807) is 4.68 Å². The number of hydrogen-bond donors (Lipinski definition) is 2. The molecule has 2 amide bonds. The van der Waals surface area contributed by atoms with E-state index in [9.17, 15) is 4.79 Å². The molecule has 2 aromatic rings. The summed E-state index contributed by atoms with van der Waals surface area (Å²) < 4.78 is 7.15. The Balaban J connectivity index is 1.50. The molecule has 1 aromatic carbocycles. The molecule has 2 heterocycles. The van der Waals surface area contributed by atoms with Crippen molar-refractivity contribution in [2.75, 3.05) is 36.5 Å². The number of morpholine rings is 1. The van der Waals surface area contributed by atoms with Crippen LogP contribution in [0.25, 0.3) is 0 Å². The molecular weight excluding hydrogens is 332 g/mol. The Morgan fingerprint density at radius 3 is 2.54 bits per heavy atom. The minimum atomic E-state index is -0.317. The van der Waals surface area contributed by atoms with Crippen LogP contribution in [0.3, 0.4) is 0 Å². The Morgan fingerprint density at radius 2 is 1.92 bits per heavy atom. The third kappa shape index (κ3) is 4.51. The smallest absolute Gasteiger partial charge is 0.321 e. The molecule has 0 atom stereocenters. The summed E-state index contributed by atoms with van der Waals surface area (Å²) in [5.74, 6) is 1.09. The molecular formula is C18H26N6O2. The van der Waals surface area contributed by atoms with E-state index >= 15 is 0 Å². The summed E-state index contributed by atoms with van der Waals surface area (Å²) in [6.45, 7) is 9.71. The maximum absolute atomic E-state index is 12.1.